The van der Waals surface area contributed by atoms with Gasteiger partial charge in [0.15, 0.2) is 0 Å². The zero-order chi connectivity index (χ0) is 13.3. The van der Waals surface area contributed by atoms with Crippen LogP contribution in [0.1, 0.15) is 31.9 Å². The van der Waals surface area contributed by atoms with Crippen LogP contribution >= 0.6 is 11.6 Å². The second kappa shape index (κ2) is 5.47. The molecule has 0 spiro atoms. The van der Waals surface area contributed by atoms with Crippen LogP contribution in [0.2, 0.25) is 5.02 Å². The maximum absolute atomic E-state index is 9.62. The lowest BCUT2D eigenvalue weighted by atomic mass is 10.0. The summed E-state index contributed by atoms with van der Waals surface area (Å²) >= 11 is 6.25. The van der Waals surface area contributed by atoms with E-state index in [9.17, 15) is 5.11 Å². The quantitative estimate of drug-likeness (QED) is 0.886. The topological polar surface area (TPSA) is 49.5 Å². The number of nitrogens with zero attached hydrogens (tertiary/aromatic N) is 1. The average Bonchev–Trinajstić information content (AvgIpc) is 2.77. The minimum atomic E-state index is -0.242. The molecule has 3 unspecified atom stereocenters. The molecule has 100 valence electrons. The molecule has 4 heteroatoms. The molecule has 18 heavy (non-hydrogen) atoms. The highest BCUT2D eigenvalue weighted by atomic mass is 35.5. The van der Waals surface area contributed by atoms with Gasteiger partial charge in [0.2, 0.25) is 0 Å². The second-order valence-electron chi connectivity index (χ2n) is 5.23. The standard InChI is InChI=1S/C14H21ClN2O/c1-9(16)13-4-3-12(7-14(13)15)17-6-5-11(8-17)10(2)18/h3-4,7,9-11,18H,5-6,8,16H2,1-2H3. The maximum atomic E-state index is 9.62. The van der Waals surface area contributed by atoms with Crippen LogP contribution in [0.4, 0.5) is 5.69 Å². The first-order chi connectivity index (χ1) is 8.49. The third-order valence-electron chi connectivity index (χ3n) is 3.75. The van der Waals surface area contributed by atoms with E-state index in [4.69, 9.17) is 17.3 Å². The number of aliphatic hydroxyl groups is 1. The molecule has 0 saturated carbocycles. The van der Waals surface area contributed by atoms with Crippen molar-refractivity contribution in [1.29, 1.82) is 0 Å². The summed E-state index contributed by atoms with van der Waals surface area (Å²) in [7, 11) is 0. The van der Waals surface area contributed by atoms with Crippen molar-refractivity contribution in [2.24, 2.45) is 11.7 Å². The van der Waals surface area contributed by atoms with E-state index in [1.54, 1.807) is 0 Å². The molecule has 0 aromatic heterocycles. The van der Waals surface area contributed by atoms with Gasteiger partial charge in [0.1, 0.15) is 0 Å². The lowest BCUT2D eigenvalue weighted by molar-refractivity contribution is 0.136. The molecule has 0 amide bonds. The van der Waals surface area contributed by atoms with Crippen molar-refractivity contribution in [2.75, 3.05) is 18.0 Å². The fourth-order valence-corrected chi connectivity index (χ4v) is 2.84. The molecule has 1 aromatic rings. The molecule has 3 nitrogen and oxygen atoms in total. The first-order valence-electron chi connectivity index (χ1n) is 6.47. The Morgan fingerprint density at radius 2 is 2.17 bits per heavy atom. The molecular weight excluding hydrogens is 248 g/mol. The summed E-state index contributed by atoms with van der Waals surface area (Å²) in [6.45, 7) is 5.66. The van der Waals surface area contributed by atoms with Gasteiger partial charge in [-0.25, -0.2) is 0 Å². The van der Waals surface area contributed by atoms with Crippen LogP contribution in [-0.2, 0) is 0 Å². The highest BCUT2D eigenvalue weighted by molar-refractivity contribution is 6.31. The van der Waals surface area contributed by atoms with Crippen LogP contribution in [-0.4, -0.2) is 24.3 Å². The molecule has 0 aliphatic carbocycles. The predicted octanol–water partition coefficient (Wildman–Crippen LogP) is 2.57. The summed E-state index contributed by atoms with van der Waals surface area (Å²) < 4.78 is 0. The number of benzene rings is 1. The molecule has 1 aliphatic rings. The van der Waals surface area contributed by atoms with Crippen molar-refractivity contribution < 1.29 is 5.11 Å². The van der Waals surface area contributed by atoms with Gasteiger partial charge in [-0.3, -0.25) is 0 Å². The van der Waals surface area contributed by atoms with Gasteiger partial charge < -0.3 is 15.7 Å². The van der Waals surface area contributed by atoms with Crippen molar-refractivity contribution in [1.82, 2.24) is 0 Å². The van der Waals surface area contributed by atoms with Crippen LogP contribution in [0, 0.1) is 5.92 Å². The SMILES string of the molecule is CC(N)c1ccc(N2CCC(C(C)O)C2)cc1Cl. The van der Waals surface area contributed by atoms with Gasteiger partial charge in [0.25, 0.3) is 0 Å². The third kappa shape index (κ3) is 2.79. The van der Waals surface area contributed by atoms with Crippen molar-refractivity contribution in [3.05, 3.63) is 28.8 Å². The molecule has 3 atom stereocenters. The number of rotatable bonds is 3. The first-order valence-corrected chi connectivity index (χ1v) is 6.85. The smallest absolute Gasteiger partial charge is 0.0557 e. The summed E-state index contributed by atoms with van der Waals surface area (Å²) in [5.74, 6) is 0.358. The van der Waals surface area contributed by atoms with Crippen molar-refractivity contribution in [3.63, 3.8) is 0 Å². The highest BCUT2D eigenvalue weighted by Crippen LogP contribution is 2.30. The van der Waals surface area contributed by atoms with Crippen LogP contribution in [0.3, 0.4) is 0 Å². The van der Waals surface area contributed by atoms with Crippen LogP contribution in [0.25, 0.3) is 0 Å². The van der Waals surface area contributed by atoms with Crippen LogP contribution in [0.5, 0.6) is 0 Å². The normalized spacial score (nSPS) is 23.2. The molecule has 1 aliphatic heterocycles. The van der Waals surface area contributed by atoms with E-state index in [1.165, 1.54) is 0 Å². The minimum absolute atomic E-state index is 0.0460. The number of nitrogens with two attached hydrogens (primary N) is 1. The number of aliphatic hydroxyl groups excluding tert-OH is 1. The monoisotopic (exact) mass is 268 g/mol. The Balaban J connectivity index is 2.13. The molecule has 2 rings (SSSR count). The molecule has 0 bridgehead atoms. The van der Waals surface area contributed by atoms with E-state index in [0.29, 0.717) is 5.92 Å². The summed E-state index contributed by atoms with van der Waals surface area (Å²) in [6.07, 6.45) is 0.790. The zero-order valence-electron chi connectivity index (χ0n) is 10.9. The maximum Gasteiger partial charge on any atom is 0.0557 e. The van der Waals surface area contributed by atoms with E-state index in [1.807, 2.05) is 26.0 Å². The van der Waals surface area contributed by atoms with Gasteiger partial charge in [-0.15, -0.1) is 0 Å². The summed E-state index contributed by atoms with van der Waals surface area (Å²) in [6, 6.07) is 5.99. The highest BCUT2D eigenvalue weighted by Gasteiger charge is 2.26. The number of halogens is 1. The summed E-state index contributed by atoms with van der Waals surface area (Å²) in [5.41, 5.74) is 7.95. The van der Waals surface area contributed by atoms with E-state index in [-0.39, 0.29) is 12.1 Å². The number of hydrogen-bond donors (Lipinski definition) is 2. The van der Waals surface area contributed by atoms with E-state index in [0.717, 1.165) is 35.8 Å². The van der Waals surface area contributed by atoms with Crippen LogP contribution < -0.4 is 10.6 Å². The Morgan fingerprint density at radius 3 is 2.67 bits per heavy atom. The van der Waals surface area contributed by atoms with Gasteiger partial charge in [-0.2, -0.15) is 0 Å². The Labute approximate surface area is 114 Å². The first kappa shape index (κ1) is 13.7. The fourth-order valence-electron chi connectivity index (χ4n) is 2.50. The summed E-state index contributed by atoms with van der Waals surface area (Å²) in [5, 5.41) is 10.3. The molecule has 1 fully saturated rings. The molecule has 0 radical (unpaired) electrons. The second-order valence-corrected chi connectivity index (χ2v) is 5.64. The van der Waals surface area contributed by atoms with Gasteiger partial charge in [0.05, 0.1) is 6.10 Å². The van der Waals surface area contributed by atoms with E-state index < -0.39 is 0 Å². The van der Waals surface area contributed by atoms with Crippen molar-refractivity contribution in [2.45, 2.75) is 32.4 Å². The Bertz CT molecular complexity index is 420. The molecular formula is C14H21ClN2O. The van der Waals surface area contributed by atoms with Crippen molar-refractivity contribution >= 4 is 17.3 Å². The average molecular weight is 269 g/mol. The van der Waals surface area contributed by atoms with Gasteiger partial charge in [-0.05, 0) is 38.0 Å². The molecule has 1 heterocycles. The van der Waals surface area contributed by atoms with Crippen molar-refractivity contribution in [3.8, 4) is 0 Å². The lowest BCUT2D eigenvalue weighted by Crippen LogP contribution is -2.23. The third-order valence-corrected chi connectivity index (χ3v) is 4.07. The van der Waals surface area contributed by atoms with E-state index >= 15 is 0 Å². The fraction of sp³-hybridized carbons (Fsp3) is 0.571. The zero-order valence-corrected chi connectivity index (χ0v) is 11.7. The minimum Gasteiger partial charge on any atom is -0.393 e. The van der Waals surface area contributed by atoms with Gasteiger partial charge in [-0.1, -0.05) is 17.7 Å². The molecule has 1 saturated heterocycles. The Kier molecular flexibility index (Phi) is 4.15. The molecule has 3 N–H and O–H groups in total. The summed E-state index contributed by atoms with van der Waals surface area (Å²) in [4.78, 5) is 2.27. The van der Waals surface area contributed by atoms with Gasteiger partial charge in [0, 0.05) is 35.8 Å². The molecule has 1 aromatic carbocycles. The van der Waals surface area contributed by atoms with Gasteiger partial charge >= 0.3 is 0 Å². The number of anilines is 1. The lowest BCUT2D eigenvalue weighted by Gasteiger charge is -2.21. The largest absolute Gasteiger partial charge is 0.393 e. The Morgan fingerprint density at radius 1 is 1.44 bits per heavy atom. The van der Waals surface area contributed by atoms with Crippen LogP contribution in [0.15, 0.2) is 18.2 Å². The van der Waals surface area contributed by atoms with E-state index in [2.05, 4.69) is 11.0 Å². The number of hydrogen-bond acceptors (Lipinski definition) is 3. The Hall–Kier alpha value is -0.770. The predicted molar refractivity (Wildman–Crippen MR) is 76.1 cm³/mol.